The standard InChI is InChI=1S/C26H28N2O9/c1-13(2)23(31)36-21-15(4)35-25(33)19(28-22(30)18-20(29)14(3)10-11-27-18)26(34)37-24(32)17(21)12-16-8-6-5-7-9-16/h5-11,13,15,17,19,21,29H,12H2,1-4H3,(H,28,30)/t15-,17+,19?,21-/m0/s1. The Morgan fingerprint density at radius 3 is 2.41 bits per heavy atom. The first-order chi connectivity index (χ1) is 17.5. The summed E-state index contributed by atoms with van der Waals surface area (Å²) >= 11 is 0. The predicted molar refractivity (Wildman–Crippen MR) is 127 cm³/mol. The molecule has 1 unspecified atom stereocenters. The van der Waals surface area contributed by atoms with Gasteiger partial charge in [0.2, 0.25) is 6.04 Å². The number of nitrogens with zero attached hydrogens (tertiary/aromatic N) is 1. The summed E-state index contributed by atoms with van der Waals surface area (Å²) < 4.78 is 15.9. The highest BCUT2D eigenvalue weighted by Crippen LogP contribution is 2.25. The predicted octanol–water partition coefficient (Wildman–Crippen LogP) is 1.64. The van der Waals surface area contributed by atoms with E-state index in [1.54, 1.807) is 44.2 Å². The zero-order chi connectivity index (χ0) is 27.3. The summed E-state index contributed by atoms with van der Waals surface area (Å²) in [6, 6.07) is 8.18. The maximum Gasteiger partial charge on any atom is 0.348 e. The molecule has 0 radical (unpaired) electrons. The second kappa shape index (κ2) is 11.6. The van der Waals surface area contributed by atoms with E-state index in [-0.39, 0.29) is 6.42 Å². The molecular formula is C26H28N2O9. The zero-order valence-corrected chi connectivity index (χ0v) is 20.8. The van der Waals surface area contributed by atoms with Crippen LogP contribution in [0.1, 0.15) is 42.4 Å². The van der Waals surface area contributed by atoms with Gasteiger partial charge in [-0.1, -0.05) is 44.2 Å². The molecule has 4 atom stereocenters. The smallest absolute Gasteiger partial charge is 0.348 e. The van der Waals surface area contributed by atoms with E-state index in [0.29, 0.717) is 11.1 Å². The first-order valence-electron chi connectivity index (χ1n) is 11.7. The lowest BCUT2D eigenvalue weighted by atomic mass is 9.91. The highest BCUT2D eigenvalue weighted by Gasteiger charge is 2.45. The molecule has 1 aromatic heterocycles. The van der Waals surface area contributed by atoms with Crippen LogP contribution in [0.15, 0.2) is 42.6 Å². The monoisotopic (exact) mass is 512 g/mol. The van der Waals surface area contributed by atoms with Crippen molar-refractivity contribution in [2.75, 3.05) is 0 Å². The van der Waals surface area contributed by atoms with E-state index in [1.807, 2.05) is 0 Å². The molecule has 1 amide bonds. The lowest BCUT2D eigenvalue weighted by Crippen LogP contribution is -2.49. The molecule has 196 valence electrons. The number of pyridine rings is 1. The van der Waals surface area contributed by atoms with Gasteiger partial charge in [-0.3, -0.25) is 14.4 Å². The lowest BCUT2D eigenvalue weighted by Gasteiger charge is -2.29. The third-order valence-corrected chi connectivity index (χ3v) is 5.78. The van der Waals surface area contributed by atoms with Gasteiger partial charge in [-0.15, -0.1) is 0 Å². The van der Waals surface area contributed by atoms with Gasteiger partial charge in [-0.05, 0) is 37.5 Å². The molecule has 11 nitrogen and oxygen atoms in total. The van der Waals surface area contributed by atoms with Gasteiger partial charge in [0.15, 0.2) is 11.8 Å². The van der Waals surface area contributed by atoms with Crippen LogP contribution in [-0.2, 0) is 39.8 Å². The number of nitrogens with one attached hydrogen (secondary N) is 1. The van der Waals surface area contributed by atoms with Crippen LogP contribution in [0.25, 0.3) is 0 Å². The SMILES string of the molecule is Cc1ccnc(C(=O)NC2C(=O)OC(=O)[C@H](Cc3ccccc3)[C@@H](OC(=O)C(C)C)[C@H](C)OC2=O)c1O. The van der Waals surface area contributed by atoms with Gasteiger partial charge in [-0.2, -0.15) is 0 Å². The van der Waals surface area contributed by atoms with Gasteiger partial charge in [0, 0.05) is 6.20 Å². The summed E-state index contributed by atoms with van der Waals surface area (Å²) in [5.74, 6) is -7.60. The molecule has 2 heterocycles. The first-order valence-corrected chi connectivity index (χ1v) is 11.7. The molecule has 1 aliphatic rings. The molecule has 2 aromatic rings. The minimum Gasteiger partial charge on any atom is -0.505 e. The maximum absolute atomic E-state index is 13.2. The highest BCUT2D eigenvalue weighted by atomic mass is 16.6. The van der Waals surface area contributed by atoms with Gasteiger partial charge in [0.25, 0.3) is 5.91 Å². The Morgan fingerprint density at radius 1 is 1.08 bits per heavy atom. The Morgan fingerprint density at radius 2 is 1.76 bits per heavy atom. The maximum atomic E-state index is 13.2. The van der Waals surface area contributed by atoms with Crippen molar-refractivity contribution in [1.29, 1.82) is 0 Å². The lowest BCUT2D eigenvalue weighted by molar-refractivity contribution is -0.176. The van der Waals surface area contributed by atoms with E-state index in [1.165, 1.54) is 26.1 Å². The molecule has 1 fully saturated rings. The summed E-state index contributed by atoms with van der Waals surface area (Å²) in [7, 11) is 0. The number of aromatic nitrogens is 1. The quantitative estimate of drug-likeness (QED) is 0.331. The fraction of sp³-hybridized carbons (Fsp3) is 0.385. The Labute approximate surface area is 213 Å². The number of carbonyl (C=O) groups is 5. The van der Waals surface area contributed by atoms with E-state index in [4.69, 9.17) is 14.2 Å². The number of rotatable bonds is 6. The van der Waals surface area contributed by atoms with Crippen molar-refractivity contribution >= 4 is 29.8 Å². The molecule has 11 heteroatoms. The molecular weight excluding hydrogens is 484 g/mol. The second-order valence-electron chi connectivity index (χ2n) is 8.97. The largest absolute Gasteiger partial charge is 0.505 e. The molecule has 1 saturated heterocycles. The van der Waals surface area contributed by atoms with Crippen LogP contribution in [0.4, 0.5) is 0 Å². The van der Waals surface area contributed by atoms with Crippen molar-refractivity contribution in [3.8, 4) is 5.75 Å². The summed E-state index contributed by atoms with van der Waals surface area (Å²) in [4.78, 5) is 67.9. The van der Waals surface area contributed by atoms with Crippen LogP contribution in [-0.4, -0.2) is 58.1 Å². The number of esters is 4. The number of aromatic hydroxyl groups is 1. The number of benzene rings is 1. The first kappa shape index (κ1) is 27.3. The Kier molecular flexibility index (Phi) is 8.59. The van der Waals surface area contributed by atoms with Crippen LogP contribution in [0.2, 0.25) is 0 Å². The van der Waals surface area contributed by atoms with Crippen molar-refractivity contribution < 1.29 is 43.3 Å². The van der Waals surface area contributed by atoms with E-state index in [2.05, 4.69) is 10.3 Å². The number of amides is 1. The number of aryl methyl sites for hydroxylation is 1. The van der Waals surface area contributed by atoms with Gasteiger partial charge >= 0.3 is 23.9 Å². The minimum absolute atomic E-state index is 0.0169. The fourth-order valence-corrected chi connectivity index (χ4v) is 3.66. The molecule has 0 bridgehead atoms. The number of ether oxygens (including phenoxy) is 3. The van der Waals surface area contributed by atoms with Crippen molar-refractivity contribution in [1.82, 2.24) is 10.3 Å². The summed E-state index contributed by atoms with van der Waals surface area (Å²) in [6.07, 6.45) is -1.19. The molecule has 2 N–H and O–H groups in total. The molecule has 37 heavy (non-hydrogen) atoms. The number of hydrogen-bond acceptors (Lipinski definition) is 10. The second-order valence-corrected chi connectivity index (χ2v) is 8.97. The van der Waals surface area contributed by atoms with E-state index >= 15 is 0 Å². The van der Waals surface area contributed by atoms with Crippen LogP contribution >= 0.6 is 0 Å². The topological polar surface area (TPSA) is 158 Å². The Hall–Kier alpha value is -4.28. The van der Waals surface area contributed by atoms with E-state index in [9.17, 15) is 29.1 Å². The number of hydrogen-bond donors (Lipinski definition) is 2. The Bertz CT molecular complexity index is 1200. The van der Waals surface area contributed by atoms with Crippen molar-refractivity contribution in [3.05, 3.63) is 59.4 Å². The number of cyclic esters (lactones) is 3. The average molecular weight is 513 g/mol. The van der Waals surface area contributed by atoms with Crippen molar-refractivity contribution in [2.45, 2.75) is 52.4 Å². The molecule has 0 aliphatic carbocycles. The summed E-state index contributed by atoms with van der Waals surface area (Å²) in [6.45, 7) is 6.14. The van der Waals surface area contributed by atoms with Gasteiger partial charge in [-0.25, -0.2) is 14.6 Å². The van der Waals surface area contributed by atoms with Gasteiger partial charge in [0.05, 0.1) is 5.92 Å². The van der Waals surface area contributed by atoms with Crippen molar-refractivity contribution in [2.24, 2.45) is 11.8 Å². The van der Waals surface area contributed by atoms with Gasteiger partial charge < -0.3 is 24.6 Å². The third kappa shape index (κ3) is 6.49. The van der Waals surface area contributed by atoms with Crippen LogP contribution in [0.5, 0.6) is 5.75 Å². The van der Waals surface area contributed by atoms with Gasteiger partial charge in [0.1, 0.15) is 17.8 Å². The van der Waals surface area contributed by atoms with E-state index in [0.717, 1.165) is 0 Å². The van der Waals surface area contributed by atoms with E-state index < -0.39 is 71.3 Å². The van der Waals surface area contributed by atoms with Crippen LogP contribution in [0.3, 0.4) is 0 Å². The molecule has 3 rings (SSSR count). The molecule has 1 aromatic carbocycles. The number of carbonyl (C=O) groups excluding carboxylic acids is 5. The fourth-order valence-electron chi connectivity index (χ4n) is 3.66. The molecule has 0 saturated carbocycles. The van der Waals surface area contributed by atoms with Crippen LogP contribution < -0.4 is 5.32 Å². The molecule has 1 aliphatic heterocycles. The molecule has 0 spiro atoms. The third-order valence-electron chi connectivity index (χ3n) is 5.78. The van der Waals surface area contributed by atoms with Crippen molar-refractivity contribution in [3.63, 3.8) is 0 Å². The minimum atomic E-state index is -2.04. The summed E-state index contributed by atoms with van der Waals surface area (Å²) in [5.41, 5.74) is 0.582. The summed E-state index contributed by atoms with van der Waals surface area (Å²) in [5, 5.41) is 12.2. The highest BCUT2D eigenvalue weighted by molar-refractivity contribution is 6.08. The van der Waals surface area contributed by atoms with Crippen LogP contribution in [0, 0.1) is 18.8 Å². The average Bonchev–Trinajstić information content (AvgIpc) is 2.87. The zero-order valence-electron chi connectivity index (χ0n) is 20.8. The Balaban J connectivity index is 1.94. The normalized spacial score (nSPS) is 22.2.